The number of rotatable bonds is 4. The predicted molar refractivity (Wildman–Crippen MR) is 52.2 cm³/mol. The number of aliphatic hydroxyl groups excluding tert-OH is 1. The van der Waals surface area contributed by atoms with Gasteiger partial charge in [-0.05, 0) is 18.2 Å². The van der Waals surface area contributed by atoms with Crippen LogP contribution in [0.25, 0.3) is 0 Å². The number of hydrogen-bond donors (Lipinski definition) is 1. The summed E-state index contributed by atoms with van der Waals surface area (Å²) in [5.74, 6) is 0.321. The van der Waals surface area contributed by atoms with Gasteiger partial charge < -0.3 is 9.84 Å². The second-order valence-corrected chi connectivity index (χ2v) is 4.89. The number of sulfone groups is 1. The van der Waals surface area contributed by atoms with Gasteiger partial charge in [-0.15, -0.1) is 0 Å². The summed E-state index contributed by atoms with van der Waals surface area (Å²) >= 11 is 0. The second-order valence-electron chi connectivity index (χ2n) is 2.82. The van der Waals surface area contributed by atoms with Crippen molar-refractivity contribution < 1.29 is 22.7 Å². The van der Waals surface area contributed by atoms with Gasteiger partial charge in [-0.2, -0.15) is 0 Å². The third-order valence-corrected chi connectivity index (χ3v) is 3.58. The van der Waals surface area contributed by atoms with Gasteiger partial charge in [0.15, 0.2) is 0 Å². The fourth-order valence-corrected chi connectivity index (χ4v) is 2.06. The maximum Gasteiger partial charge on any atom is 0.228 e. The topological polar surface area (TPSA) is 63.6 Å². The number of halogens is 1. The Labute approximate surface area is 87.2 Å². The highest BCUT2D eigenvalue weighted by atomic mass is 32.2. The molecule has 0 aliphatic rings. The molecule has 0 saturated carbocycles. The van der Waals surface area contributed by atoms with Crippen LogP contribution in [0.4, 0.5) is 4.39 Å². The Morgan fingerprint density at radius 2 is 2.20 bits per heavy atom. The fraction of sp³-hybridized carbons (Fsp3) is 0.333. The van der Waals surface area contributed by atoms with E-state index in [0.717, 1.165) is 0 Å². The highest BCUT2D eigenvalue weighted by Gasteiger charge is 2.26. The third-order valence-electron chi connectivity index (χ3n) is 1.85. The van der Waals surface area contributed by atoms with Gasteiger partial charge in [0.1, 0.15) is 5.75 Å². The Bertz CT molecular complexity index is 429. The molecule has 0 radical (unpaired) electrons. The summed E-state index contributed by atoms with van der Waals surface area (Å²) in [5.41, 5.74) is -2.30. The minimum absolute atomic E-state index is 0.205. The van der Waals surface area contributed by atoms with Gasteiger partial charge in [0.05, 0.1) is 18.6 Å². The number of alkyl halides is 1. The Balaban J connectivity index is 3.16. The number of benzene rings is 1. The molecule has 1 atom stereocenters. The van der Waals surface area contributed by atoms with Gasteiger partial charge in [0.25, 0.3) is 0 Å². The van der Waals surface area contributed by atoms with Gasteiger partial charge in [-0.25, -0.2) is 12.8 Å². The summed E-state index contributed by atoms with van der Waals surface area (Å²) in [6.07, 6.45) is 0. The highest BCUT2D eigenvalue weighted by Crippen LogP contribution is 2.21. The molecule has 0 amide bonds. The summed E-state index contributed by atoms with van der Waals surface area (Å²) in [7, 11) is -2.74. The molecule has 1 unspecified atom stereocenters. The molecule has 84 valence electrons. The van der Waals surface area contributed by atoms with Crippen molar-refractivity contribution in [3.63, 3.8) is 0 Å². The monoisotopic (exact) mass is 234 g/mol. The van der Waals surface area contributed by atoms with Gasteiger partial charge >= 0.3 is 0 Å². The summed E-state index contributed by atoms with van der Waals surface area (Å²) < 4.78 is 40.6. The number of ether oxygens (including phenoxy) is 1. The summed E-state index contributed by atoms with van der Waals surface area (Å²) in [5, 5.41) is 8.47. The second kappa shape index (κ2) is 4.59. The van der Waals surface area contributed by atoms with E-state index in [2.05, 4.69) is 0 Å². The first kappa shape index (κ1) is 11.9. The normalized spacial score (nSPS) is 13.5. The van der Waals surface area contributed by atoms with Crippen LogP contribution in [-0.2, 0) is 9.84 Å². The summed E-state index contributed by atoms with van der Waals surface area (Å²) in [4.78, 5) is -0.205. The molecule has 0 aliphatic carbocycles. The van der Waals surface area contributed by atoms with Crippen LogP contribution in [0.1, 0.15) is 0 Å². The van der Waals surface area contributed by atoms with Crippen molar-refractivity contribution in [2.24, 2.45) is 0 Å². The maximum absolute atomic E-state index is 13.0. The van der Waals surface area contributed by atoms with E-state index >= 15 is 0 Å². The molecule has 0 spiro atoms. The predicted octanol–water partition coefficient (Wildman–Crippen LogP) is 0.757. The molecule has 0 aromatic heterocycles. The molecule has 0 bridgehead atoms. The number of hydrogen-bond acceptors (Lipinski definition) is 4. The van der Waals surface area contributed by atoms with Crippen molar-refractivity contribution >= 4 is 9.84 Å². The molecule has 15 heavy (non-hydrogen) atoms. The number of aliphatic hydroxyl groups is 1. The van der Waals surface area contributed by atoms with Crippen LogP contribution in [0.5, 0.6) is 5.75 Å². The lowest BCUT2D eigenvalue weighted by atomic mass is 10.3. The van der Waals surface area contributed by atoms with Gasteiger partial charge in [0, 0.05) is 0 Å². The van der Waals surface area contributed by atoms with Crippen LogP contribution >= 0.6 is 0 Å². The molecule has 0 aliphatic heterocycles. The van der Waals surface area contributed by atoms with Crippen molar-refractivity contribution in [1.29, 1.82) is 0 Å². The van der Waals surface area contributed by atoms with Crippen molar-refractivity contribution in [2.75, 3.05) is 13.7 Å². The van der Waals surface area contributed by atoms with Crippen molar-refractivity contribution in [2.45, 2.75) is 10.4 Å². The quantitative estimate of drug-likeness (QED) is 0.835. The van der Waals surface area contributed by atoms with Crippen molar-refractivity contribution in [1.82, 2.24) is 0 Å². The molecule has 4 nitrogen and oxygen atoms in total. The SMILES string of the molecule is COc1cccc(S(=O)(=O)C(F)CO)c1. The van der Waals surface area contributed by atoms with E-state index in [1.165, 1.54) is 25.3 Å². The summed E-state index contributed by atoms with van der Waals surface area (Å²) in [6.45, 7) is -1.06. The third kappa shape index (κ3) is 2.45. The Morgan fingerprint density at radius 1 is 1.53 bits per heavy atom. The average Bonchev–Trinajstić information content (AvgIpc) is 2.27. The molecule has 0 heterocycles. The van der Waals surface area contributed by atoms with E-state index in [1.807, 2.05) is 0 Å². The largest absolute Gasteiger partial charge is 0.497 e. The zero-order valence-electron chi connectivity index (χ0n) is 8.05. The van der Waals surface area contributed by atoms with Gasteiger partial charge in [0.2, 0.25) is 15.3 Å². The molecule has 1 N–H and O–H groups in total. The van der Waals surface area contributed by atoms with Gasteiger partial charge in [-0.1, -0.05) is 6.07 Å². The molecular formula is C9H11FO4S. The summed E-state index contributed by atoms with van der Waals surface area (Å²) in [6, 6.07) is 5.44. The Hall–Kier alpha value is -1.14. The van der Waals surface area contributed by atoms with E-state index in [9.17, 15) is 12.8 Å². The van der Waals surface area contributed by atoms with Crippen LogP contribution in [0.3, 0.4) is 0 Å². The van der Waals surface area contributed by atoms with E-state index in [-0.39, 0.29) is 4.90 Å². The molecule has 1 aromatic rings. The van der Waals surface area contributed by atoms with Crippen molar-refractivity contribution in [3.05, 3.63) is 24.3 Å². The van der Waals surface area contributed by atoms with E-state index in [4.69, 9.17) is 9.84 Å². The van der Waals surface area contributed by atoms with Crippen LogP contribution in [0, 0.1) is 0 Å². The van der Waals surface area contributed by atoms with Crippen LogP contribution in [-0.4, -0.2) is 32.7 Å². The standard InChI is InChI=1S/C9H11FO4S/c1-14-7-3-2-4-8(5-7)15(12,13)9(10)6-11/h2-5,9,11H,6H2,1H3. The minimum Gasteiger partial charge on any atom is -0.497 e. The lowest BCUT2D eigenvalue weighted by molar-refractivity contribution is 0.225. The van der Waals surface area contributed by atoms with Crippen LogP contribution in [0.15, 0.2) is 29.2 Å². The van der Waals surface area contributed by atoms with E-state index < -0.39 is 21.9 Å². The van der Waals surface area contributed by atoms with Crippen LogP contribution < -0.4 is 4.74 Å². The Kier molecular flexibility index (Phi) is 3.65. The van der Waals surface area contributed by atoms with E-state index in [1.54, 1.807) is 6.07 Å². The fourth-order valence-electron chi connectivity index (χ4n) is 1.02. The average molecular weight is 234 g/mol. The number of methoxy groups -OCH3 is 1. The molecule has 1 rings (SSSR count). The van der Waals surface area contributed by atoms with Gasteiger partial charge in [-0.3, -0.25) is 0 Å². The lowest BCUT2D eigenvalue weighted by Crippen LogP contribution is -2.20. The first-order chi connectivity index (χ1) is 7.02. The molecular weight excluding hydrogens is 223 g/mol. The zero-order valence-corrected chi connectivity index (χ0v) is 8.87. The first-order valence-electron chi connectivity index (χ1n) is 4.15. The molecule has 0 saturated heterocycles. The molecule has 6 heteroatoms. The first-order valence-corrected chi connectivity index (χ1v) is 5.70. The van der Waals surface area contributed by atoms with Crippen LogP contribution in [0.2, 0.25) is 0 Å². The molecule has 1 aromatic carbocycles. The zero-order chi connectivity index (χ0) is 11.5. The minimum atomic E-state index is -4.12. The highest BCUT2D eigenvalue weighted by molar-refractivity contribution is 7.92. The molecule has 0 fully saturated rings. The smallest absolute Gasteiger partial charge is 0.228 e. The lowest BCUT2D eigenvalue weighted by Gasteiger charge is -2.08. The van der Waals surface area contributed by atoms with Crippen molar-refractivity contribution in [3.8, 4) is 5.75 Å². The Morgan fingerprint density at radius 3 is 2.73 bits per heavy atom. The van der Waals surface area contributed by atoms with E-state index in [0.29, 0.717) is 5.75 Å². The maximum atomic E-state index is 13.0.